The first-order chi connectivity index (χ1) is 8.81. The number of thiophene rings is 1. The zero-order valence-corrected chi connectivity index (χ0v) is 11.0. The molecule has 2 aromatic heterocycles. The Morgan fingerprint density at radius 3 is 3.11 bits per heavy atom. The van der Waals surface area contributed by atoms with Gasteiger partial charge in [-0.15, -0.1) is 11.3 Å². The molecule has 0 aromatic carbocycles. The lowest BCUT2D eigenvalue weighted by atomic mass is 10.2. The van der Waals surface area contributed by atoms with Crippen LogP contribution < -0.4 is 0 Å². The molecule has 0 aliphatic carbocycles. The van der Waals surface area contributed by atoms with Crippen LogP contribution in [0.15, 0.2) is 23.7 Å². The lowest BCUT2D eigenvalue weighted by molar-refractivity contribution is 0.0318. The van der Waals surface area contributed by atoms with Crippen molar-refractivity contribution in [2.75, 3.05) is 19.8 Å². The van der Waals surface area contributed by atoms with Gasteiger partial charge in [-0.25, -0.2) is 9.78 Å². The van der Waals surface area contributed by atoms with Crippen molar-refractivity contribution in [3.63, 3.8) is 0 Å². The van der Waals surface area contributed by atoms with Crippen molar-refractivity contribution in [3.05, 3.63) is 29.3 Å². The summed E-state index contributed by atoms with van der Waals surface area (Å²) in [7, 11) is 0. The molecule has 0 spiro atoms. The summed E-state index contributed by atoms with van der Waals surface area (Å²) in [5, 5.41) is 2.92. The van der Waals surface area contributed by atoms with Crippen molar-refractivity contribution < 1.29 is 14.3 Å². The van der Waals surface area contributed by atoms with Gasteiger partial charge in [0.25, 0.3) is 0 Å². The Labute approximate surface area is 110 Å². The van der Waals surface area contributed by atoms with Crippen molar-refractivity contribution in [2.45, 2.75) is 13.3 Å². The molecule has 0 fully saturated rings. The standard InChI is InChI=1S/C13H15NO3S/c1-2-4-16-5-6-17-13(15)11-8-10-3-7-18-12(10)14-9-11/h3,7-9H,2,4-6H2,1H3. The quantitative estimate of drug-likeness (QED) is 0.595. The van der Waals surface area contributed by atoms with E-state index in [-0.39, 0.29) is 12.6 Å². The van der Waals surface area contributed by atoms with Crippen LogP contribution in [0.4, 0.5) is 0 Å². The molecule has 4 nitrogen and oxygen atoms in total. The molecular formula is C13H15NO3S. The summed E-state index contributed by atoms with van der Waals surface area (Å²) in [6, 6.07) is 3.74. The van der Waals surface area contributed by atoms with E-state index in [1.54, 1.807) is 23.6 Å². The lowest BCUT2D eigenvalue weighted by Crippen LogP contribution is -2.11. The van der Waals surface area contributed by atoms with Crippen LogP contribution in [0, 0.1) is 0 Å². The third kappa shape index (κ3) is 3.27. The van der Waals surface area contributed by atoms with Gasteiger partial charge in [0.15, 0.2) is 0 Å². The fourth-order valence-corrected chi connectivity index (χ4v) is 2.21. The third-order valence-electron chi connectivity index (χ3n) is 2.35. The van der Waals surface area contributed by atoms with Crippen LogP contribution in [0.5, 0.6) is 0 Å². The molecule has 0 radical (unpaired) electrons. The van der Waals surface area contributed by atoms with Crippen LogP contribution >= 0.6 is 11.3 Å². The Balaban J connectivity index is 1.88. The summed E-state index contributed by atoms with van der Waals surface area (Å²) in [6.45, 7) is 3.45. The molecule has 0 N–H and O–H groups in total. The Morgan fingerprint density at radius 2 is 2.28 bits per heavy atom. The highest BCUT2D eigenvalue weighted by Gasteiger charge is 2.08. The van der Waals surface area contributed by atoms with Gasteiger partial charge in [0.1, 0.15) is 11.4 Å². The minimum atomic E-state index is -0.351. The predicted molar refractivity (Wildman–Crippen MR) is 71.0 cm³/mol. The van der Waals surface area contributed by atoms with Gasteiger partial charge in [-0.2, -0.15) is 0 Å². The van der Waals surface area contributed by atoms with E-state index in [0.717, 1.165) is 16.6 Å². The zero-order chi connectivity index (χ0) is 12.8. The number of nitrogens with zero attached hydrogens (tertiary/aromatic N) is 1. The molecule has 96 valence electrons. The summed E-state index contributed by atoms with van der Waals surface area (Å²) in [4.78, 5) is 16.9. The number of aromatic nitrogens is 1. The molecule has 2 aromatic rings. The molecule has 0 saturated carbocycles. The molecule has 18 heavy (non-hydrogen) atoms. The number of hydrogen-bond acceptors (Lipinski definition) is 5. The molecule has 0 saturated heterocycles. The van der Waals surface area contributed by atoms with Gasteiger partial charge in [0, 0.05) is 18.2 Å². The van der Waals surface area contributed by atoms with Gasteiger partial charge in [-0.05, 0) is 23.9 Å². The highest BCUT2D eigenvalue weighted by atomic mass is 32.1. The van der Waals surface area contributed by atoms with Crippen molar-refractivity contribution in [2.24, 2.45) is 0 Å². The van der Waals surface area contributed by atoms with E-state index < -0.39 is 0 Å². The Hall–Kier alpha value is -1.46. The molecule has 0 aliphatic heterocycles. The number of ether oxygens (including phenoxy) is 2. The van der Waals surface area contributed by atoms with E-state index in [4.69, 9.17) is 9.47 Å². The van der Waals surface area contributed by atoms with Crippen LogP contribution in [-0.4, -0.2) is 30.8 Å². The maximum absolute atomic E-state index is 11.7. The second-order valence-corrected chi connectivity index (χ2v) is 4.68. The molecule has 0 amide bonds. The molecule has 0 bridgehead atoms. The summed E-state index contributed by atoms with van der Waals surface area (Å²) < 4.78 is 10.3. The zero-order valence-electron chi connectivity index (χ0n) is 10.2. The molecule has 5 heteroatoms. The maximum atomic E-state index is 11.7. The summed E-state index contributed by atoms with van der Waals surface area (Å²) in [5.41, 5.74) is 0.483. The van der Waals surface area contributed by atoms with E-state index >= 15 is 0 Å². The summed E-state index contributed by atoms with van der Waals surface area (Å²) in [6.07, 6.45) is 2.51. The Bertz CT molecular complexity index is 524. The first-order valence-corrected chi connectivity index (χ1v) is 6.77. The van der Waals surface area contributed by atoms with Crippen LogP contribution in [0.3, 0.4) is 0 Å². The predicted octanol–water partition coefficient (Wildman–Crippen LogP) is 2.88. The second kappa shape index (κ2) is 6.47. The van der Waals surface area contributed by atoms with Gasteiger partial charge >= 0.3 is 5.97 Å². The largest absolute Gasteiger partial charge is 0.460 e. The lowest BCUT2D eigenvalue weighted by Gasteiger charge is -2.05. The topological polar surface area (TPSA) is 48.4 Å². The minimum Gasteiger partial charge on any atom is -0.460 e. The smallest absolute Gasteiger partial charge is 0.339 e. The minimum absolute atomic E-state index is 0.278. The number of esters is 1. The molecule has 0 aliphatic rings. The molecule has 0 atom stereocenters. The monoisotopic (exact) mass is 265 g/mol. The molecule has 2 rings (SSSR count). The SMILES string of the molecule is CCCOCCOC(=O)c1cnc2sccc2c1. The van der Waals surface area contributed by atoms with Crippen LogP contribution in [0.1, 0.15) is 23.7 Å². The Kier molecular flexibility index (Phi) is 4.66. The first-order valence-electron chi connectivity index (χ1n) is 5.89. The number of pyridine rings is 1. The van der Waals surface area contributed by atoms with E-state index in [1.807, 2.05) is 18.4 Å². The van der Waals surface area contributed by atoms with Crippen molar-refractivity contribution in [1.82, 2.24) is 4.98 Å². The van der Waals surface area contributed by atoms with E-state index in [0.29, 0.717) is 18.8 Å². The van der Waals surface area contributed by atoms with Crippen LogP contribution in [-0.2, 0) is 9.47 Å². The van der Waals surface area contributed by atoms with Gasteiger partial charge in [-0.1, -0.05) is 6.92 Å². The van der Waals surface area contributed by atoms with Gasteiger partial charge in [-0.3, -0.25) is 0 Å². The van der Waals surface area contributed by atoms with E-state index in [1.165, 1.54) is 0 Å². The number of carbonyl (C=O) groups excluding carboxylic acids is 1. The highest BCUT2D eigenvalue weighted by molar-refractivity contribution is 7.16. The molecule has 2 heterocycles. The van der Waals surface area contributed by atoms with Crippen molar-refractivity contribution in [3.8, 4) is 0 Å². The first kappa shape index (κ1) is 13.0. The van der Waals surface area contributed by atoms with E-state index in [2.05, 4.69) is 4.98 Å². The van der Waals surface area contributed by atoms with Gasteiger partial charge in [0.05, 0.1) is 12.2 Å². The van der Waals surface area contributed by atoms with Crippen molar-refractivity contribution in [1.29, 1.82) is 0 Å². The number of hydrogen-bond donors (Lipinski definition) is 0. The maximum Gasteiger partial charge on any atom is 0.339 e. The number of fused-ring (bicyclic) bond motifs is 1. The number of carbonyl (C=O) groups is 1. The average molecular weight is 265 g/mol. The summed E-state index contributed by atoms with van der Waals surface area (Å²) in [5.74, 6) is -0.351. The normalized spacial score (nSPS) is 10.7. The second-order valence-electron chi connectivity index (χ2n) is 3.79. The molecular weight excluding hydrogens is 250 g/mol. The fraction of sp³-hybridized carbons (Fsp3) is 0.385. The van der Waals surface area contributed by atoms with Crippen LogP contribution in [0.25, 0.3) is 10.2 Å². The van der Waals surface area contributed by atoms with Crippen LogP contribution in [0.2, 0.25) is 0 Å². The van der Waals surface area contributed by atoms with Crippen molar-refractivity contribution >= 4 is 27.5 Å². The van der Waals surface area contributed by atoms with Gasteiger partial charge in [0.2, 0.25) is 0 Å². The third-order valence-corrected chi connectivity index (χ3v) is 3.19. The molecule has 0 unspecified atom stereocenters. The average Bonchev–Trinajstić information content (AvgIpc) is 2.85. The fourth-order valence-electron chi connectivity index (χ4n) is 1.49. The number of rotatable bonds is 6. The van der Waals surface area contributed by atoms with Gasteiger partial charge < -0.3 is 9.47 Å². The Morgan fingerprint density at radius 1 is 1.39 bits per heavy atom. The summed E-state index contributed by atoms with van der Waals surface area (Å²) >= 11 is 1.55. The highest BCUT2D eigenvalue weighted by Crippen LogP contribution is 2.19. The van der Waals surface area contributed by atoms with E-state index in [9.17, 15) is 4.79 Å².